The summed E-state index contributed by atoms with van der Waals surface area (Å²) < 4.78 is 10.8. The van der Waals surface area contributed by atoms with Gasteiger partial charge in [0, 0.05) is 67.4 Å². The van der Waals surface area contributed by atoms with Crippen LogP contribution in [0, 0.1) is 0 Å². The highest BCUT2D eigenvalue weighted by Gasteiger charge is 2.24. The lowest BCUT2D eigenvalue weighted by Crippen LogP contribution is -2.44. The van der Waals surface area contributed by atoms with Gasteiger partial charge in [0.25, 0.3) is 0 Å². The van der Waals surface area contributed by atoms with Crippen LogP contribution in [0.15, 0.2) is 40.7 Å². The minimum Gasteiger partial charge on any atom is -0.497 e. The summed E-state index contributed by atoms with van der Waals surface area (Å²) in [7, 11) is 3.37. The molecule has 0 saturated carbocycles. The maximum atomic E-state index is 5.40. The summed E-state index contributed by atoms with van der Waals surface area (Å²) in [6, 6.07) is 10.6. The van der Waals surface area contributed by atoms with Crippen molar-refractivity contribution < 1.29 is 9.47 Å². The summed E-state index contributed by atoms with van der Waals surface area (Å²) in [5.41, 5.74) is 1.13. The highest BCUT2D eigenvalue weighted by Crippen LogP contribution is 2.30. The zero-order valence-corrected chi connectivity index (χ0v) is 20.5. The Bertz CT molecular complexity index is 748. The molecule has 1 saturated heterocycles. The van der Waals surface area contributed by atoms with Crippen molar-refractivity contribution in [3.05, 3.63) is 40.6 Å². The number of nitrogens with zero attached hydrogens (tertiary/aromatic N) is 2. The fourth-order valence-electron chi connectivity index (χ4n) is 3.33. The van der Waals surface area contributed by atoms with Gasteiger partial charge < -0.3 is 25.0 Å². The molecule has 29 heavy (non-hydrogen) atoms. The molecule has 6 nitrogen and oxygen atoms in total. The first-order valence-electron chi connectivity index (χ1n) is 9.77. The standard InChI is InChI=1S/C21H30N4O2S.HI/c1-4-22-21(23-9-7-20-6-5-11-28-20)24-16-8-10-25(15-16)17-12-18(26-2)14-19(13-17)27-3;/h5-6,11-14,16H,4,7-10,15H2,1-3H3,(H2,22,23,24);1H. The molecule has 0 radical (unpaired) electrons. The summed E-state index contributed by atoms with van der Waals surface area (Å²) in [4.78, 5) is 8.48. The van der Waals surface area contributed by atoms with Crippen LogP contribution in [0.5, 0.6) is 11.5 Å². The van der Waals surface area contributed by atoms with Crippen LogP contribution < -0.4 is 25.0 Å². The molecule has 2 N–H and O–H groups in total. The number of halogens is 1. The molecule has 1 aromatic heterocycles. The van der Waals surface area contributed by atoms with Gasteiger partial charge >= 0.3 is 0 Å². The maximum absolute atomic E-state index is 5.40. The molecular weight excluding hydrogens is 499 g/mol. The van der Waals surface area contributed by atoms with Crippen molar-refractivity contribution in [3.8, 4) is 11.5 Å². The minimum atomic E-state index is 0. The van der Waals surface area contributed by atoms with E-state index in [0.717, 1.165) is 62.2 Å². The highest BCUT2D eigenvalue weighted by molar-refractivity contribution is 14.0. The number of aliphatic imine (C=N–C) groups is 1. The van der Waals surface area contributed by atoms with Crippen LogP contribution >= 0.6 is 35.3 Å². The van der Waals surface area contributed by atoms with E-state index in [2.05, 4.69) is 52.1 Å². The number of guanidine groups is 1. The molecule has 1 fully saturated rings. The Morgan fingerprint density at radius 2 is 2.00 bits per heavy atom. The third-order valence-electron chi connectivity index (χ3n) is 4.78. The van der Waals surface area contributed by atoms with Crippen molar-refractivity contribution >= 4 is 47.0 Å². The Labute approximate surface area is 194 Å². The number of anilines is 1. The first kappa shape index (κ1) is 23.6. The number of ether oxygens (including phenoxy) is 2. The normalized spacial score (nSPS) is 16.3. The van der Waals surface area contributed by atoms with E-state index in [1.807, 2.05) is 6.07 Å². The second-order valence-corrected chi connectivity index (χ2v) is 7.77. The SMILES string of the molecule is CCNC(=NCCc1cccs1)NC1CCN(c2cc(OC)cc(OC)c2)C1.I. The molecule has 1 aliphatic heterocycles. The van der Waals surface area contributed by atoms with Crippen LogP contribution in [0.1, 0.15) is 18.2 Å². The molecule has 2 aromatic rings. The fourth-order valence-corrected chi connectivity index (χ4v) is 4.03. The predicted octanol–water partition coefficient (Wildman–Crippen LogP) is 3.76. The number of thiophene rings is 1. The van der Waals surface area contributed by atoms with Crippen LogP contribution in [0.4, 0.5) is 5.69 Å². The van der Waals surface area contributed by atoms with Gasteiger partial charge in [-0.15, -0.1) is 35.3 Å². The smallest absolute Gasteiger partial charge is 0.191 e. The van der Waals surface area contributed by atoms with Crippen LogP contribution in [-0.4, -0.2) is 52.4 Å². The molecule has 0 spiro atoms. The van der Waals surface area contributed by atoms with E-state index >= 15 is 0 Å². The molecule has 1 aromatic carbocycles. The monoisotopic (exact) mass is 530 g/mol. The zero-order valence-electron chi connectivity index (χ0n) is 17.3. The van der Waals surface area contributed by atoms with Gasteiger partial charge in [-0.25, -0.2) is 0 Å². The van der Waals surface area contributed by atoms with E-state index in [4.69, 9.17) is 14.5 Å². The van der Waals surface area contributed by atoms with E-state index in [1.165, 1.54) is 4.88 Å². The average Bonchev–Trinajstić information content (AvgIpc) is 3.40. The average molecular weight is 530 g/mol. The molecule has 0 aliphatic carbocycles. The Morgan fingerprint density at radius 3 is 2.62 bits per heavy atom. The Kier molecular flexibility index (Phi) is 9.86. The summed E-state index contributed by atoms with van der Waals surface area (Å²) >= 11 is 1.79. The Morgan fingerprint density at radius 1 is 1.24 bits per heavy atom. The predicted molar refractivity (Wildman–Crippen MR) is 133 cm³/mol. The number of rotatable bonds is 8. The molecule has 3 rings (SSSR count). The van der Waals surface area contributed by atoms with E-state index < -0.39 is 0 Å². The molecule has 1 unspecified atom stereocenters. The molecule has 160 valence electrons. The molecule has 8 heteroatoms. The van der Waals surface area contributed by atoms with Crippen LogP contribution in [0.3, 0.4) is 0 Å². The number of hydrogen-bond donors (Lipinski definition) is 2. The summed E-state index contributed by atoms with van der Waals surface area (Å²) in [6.07, 6.45) is 2.05. The number of nitrogens with one attached hydrogen (secondary N) is 2. The lowest BCUT2D eigenvalue weighted by molar-refractivity contribution is 0.394. The number of benzene rings is 1. The van der Waals surface area contributed by atoms with E-state index in [0.29, 0.717) is 6.04 Å². The Hall–Kier alpha value is -1.68. The van der Waals surface area contributed by atoms with E-state index in [9.17, 15) is 0 Å². The third kappa shape index (κ3) is 6.95. The first-order valence-corrected chi connectivity index (χ1v) is 10.6. The minimum absolute atomic E-state index is 0. The lowest BCUT2D eigenvalue weighted by Gasteiger charge is -2.21. The quantitative estimate of drug-likeness (QED) is 0.309. The molecule has 0 amide bonds. The van der Waals surface area contributed by atoms with Crippen LogP contribution in [0.2, 0.25) is 0 Å². The van der Waals surface area contributed by atoms with E-state index in [1.54, 1.807) is 25.6 Å². The fraction of sp³-hybridized carbons (Fsp3) is 0.476. The summed E-state index contributed by atoms with van der Waals surface area (Å²) in [5.74, 6) is 2.53. The molecule has 2 heterocycles. The van der Waals surface area contributed by atoms with Gasteiger partial charge in [-0.3, -0.25) is 4.99 Å². The van der Waals surface area contributed by atoms with Gasteiger partial charge in [-0.1, -0.05) is 6.07 Å². The Balaban J connectivity index is 0.00000300. The second-order valence-electron chi connectivity index (χ2n) is 6.74. The van der Waals surface area contributed by atoms with Crippen molar-refractivity contribution in [2.45, 2.75) is 25.8 Å². The van der Waals surface area contributed by atoms with Crippen molar-refractivity contribution in [3.63, 3.8) is 0 Å². The van der Waals surface area contributed by atoms with Gasteiger partial charge in [0.2, 0.25) is 0 Å². The topological polar surface area (TPSA) is 58.1 Å². The first-order chi connectivity index (χ1) is 13.7. The zero-order chi connectivity index (χ0) is 19.8. The van der Waals surface area contributed by atoms with Gasteiger partial charge in [0.15, 0.2) is 5.96 Å². The largest absolute Gasteiger partial charge is 0.497 e. The van der Waals surface area contributed by atoms with Gasteiger partial charge in [0.1, 0.15) is 11.5 Å². The molecule has 1 atom stereocenters. The van der Waals surface area contributed by atoms with Gasteiger partial charge in [-0.05, 0) is 24.8 Å². The number of hydrogen-bond acceptors (Lipinski definition) is 5. The number of methoxy groups -OCH3 is 2. The van der Waals surface area contributed by atoms with Crippen molar-refractivity contribution in [1.29, 1.82) is 0 Å². The van der Waals surface area contributed by atoms with Crippen molar-refractivity contribution in [2.75, 3.05) is 45.3 Å². The van der Waals surface area contributed by atoms with Crippen LogP contribution in [-0.2, 0) is 6.42 Å². The van der Waals surface area contributed by atoms with Gasteiger partial charge in [0.05, 0.1) is 14.2 Å². The second kappa shape index (κ2) is 12.1. The van der Waals surface area contributed by atoms with Crippen molar-refractivity contribution in [2.24, 2.45) is 4.99 Å². The molecular formula is C21H31IN4O2S. The lowest BCUT2D eigenvalue weighted by atomic mass is 10.2. The van der Waals surface area contributed by atoms with Crippen LogP contribution in [0.25, 0.3) is 0 Å². The maximum Gasteiger partial charge on any atom is 0.191 e. The third-order valence-corrected chi connectivity index (χ3v) is 5.72. The molecule has 0 bridgehead atoms. The van der Waals surface area contributed by atoms with Gasteiger partial charge in [-0.2, -0.15) is 0 Å². The summed E-state index contributed by atoms with van der Waals surface area (Å²) in [5, 5.41) is 9.07. The summed E-state index contributed by atoms with van der Waals surface area (Å²) in [6.45, 7) is 5.65. The molecule has 1 aliphatic rings. The van der Waals surface area contributed by atoms with Crippen molar-refractivity contribution in [1.82, 2.24) is 10.6 Å². The van der Waals surface area contributed by atoms with E-state index in [-0.39, 0.29) is 24.0 Å². The highest BCUT2D eigenvalue weighted by atomic mass is 127.